The minimum atomic E-state index is -2.88. The van der Waals surface area contributed by atoms with Crippen molar-refractivity contribution in [1.82, 2.24) is 10.9 Å². The lowest BCUT2D eigenvalue weighted by Crippen LogP contribution is -2.26. The number of hydrogen-bond donors (Lipinski definition) is 2. The van der Waals surface area contributed by atoms with E-state index < -0.39 is 13.2 Å². The summed E-state index contributed by atoms with van der Waals surface area (Å²) in [5.41, 5.74) is 7.73. The van der Waals surface area contributed by atoms with Crippen LogP contribution < -0.4 is 20.3 Å². The van der Waals surface area contributed by atoms with Crippen molar-refractivity contribution in [2.75, 3.05) is 0 Å². The minimum Gasteiger partial charge on any atom is -0.435 e. The van der Waals surface area contributed by atoms with Gasteiger partial charge in [-0.25, -0.2) is 10.9 Å². The van der Waals surface area contributed by atoms with Crippen molar-refractivity contribution >= 4 is 0 Å². The Hall–Kier alpha value is -2.32. The van der Waals surface area contributed by atoms with Crippen LogP contribution >= 0.6 is 0 Å². The molecular formula is C17H16F4N2O2. The van der Waals surface area contributed by atoms with Crippen molar-refractivity contribution in [3.63, 3.8) is 0 Å². The molecule has 25 heavy (non-hydrogen) atoms. The van der Waals surface area contributed by atoms with Crippen LogP contribution in [0.5, 0.6) is 11.5 Å². The lowest BCUT2D eigenvalue weighted by molar-refractivity contribution is -0.0505. The fourth-order valence-corrected chi connectivity index (χ4v) is 2.81. The molecule has 0 amide bonds. The van der Waals surface area contributed by atoms with Crippen molar-refractivity contribution in [2.45, 2.75) is 31.7 Å². The lowest BCUT2D eigenvalue weighted by atomic mass is 9.97. The van der Waals surface area contributed by atoms with Crippen LogP contribution in [0.25, 0.3) is 0 Å². The second-order valence-electron chi connectivity index (χ2n) is 5.53. The highest BCUT2D eigenvalue weighted by Crippen LogP contribution is 2.33. The number of benzene rings is 2. The molecule has 134 valence electrons. The first-order chi connectivity index (χ1) is 12.0. The molecule has 8 heteroatoms. The van der Waals surface area contributed by atoms with E-state index >= 15 is 0 Å². The summed E-state index contributed by atoms with van der Waals surface area (Å²) >= 11 is 0. The first-order valence-corrected chi connectivity index (χ1v) is 7.62. The van der Waals surface area contributed by atoms with Gasteiger partial charge in [0.2, 0.25) is 0 Å². The molecule has 1 heterocycles. The molecule has 0 aliphatic carbocycles. The molecule has 2 atom stereocenters. The van der Waals surface area contributed by atoms with Crippen LogP contribution in [-0.4, -0.2) is 13.2 Å². The van der Waals surface area contributed by atoms with Crippen molar-refractivity contribution in [2.24, 2.45) is 0 Å². The van der Waals surface area contributed by atoms with Gasteiger partial charge in [-0.3, -0.25) is 0 Å². The van der Waals surface area contributed by atoms with E-state index in [1.54, 1.807) is 36.4 Å². The number of halogens is 4. The van der Waals surface area contributed by atoms with Crippen LogP contribution in [0.2, 0.25) is 0 Å². The molecule has 1 fully saturated rings. The maximum absolute atomic E-state index is 12.3. The Morgan fingerprint density at radius 3 is 1.60 bits per heavy atom. The Morgan fingerprint density at radius 1 is 0.760 bits per heavy atom. The molecule has 2 N–H and O–H groups in total. The summed E-state index contributed by atoms with van der Waals surface area (Å²) in [6, 6.07) is 12.6. The van der Waals surface area contributed by atoms with E-state index in [0.717, 1.165) is 11.1 Å². The molecule has 1 aliphatic rings. The van der Waals surface area contributed by atoms with Gasteiger partial charge in [-0.1, -0.05) is 24.3 Å². The van der Waals surface area contributed by atoms with Crippen LogP contribution in [0.3, 0.4) is 0 Å². The fraction of sp³-hybridized carbons (Fsp3) is 0.294. The quantitative estimate of drug-likeness (QED) is 0.763. The van der Waals surface area contributed by atoms with Crippen molar-refractivity contribution in [3.8, 4) is 11.5 Å². The SMILES string of the molecule is FC(F)Oc1cccc(C2CC(c3cccc(OC(F)F)c3)NN2)c1. The predicted molar refractivity (Wildman–Crippen MR) is 82.5 cm³/mol. The smallest absolute Gasteiger partial charge is 0.387 e. The summed E-state index contributed by atoms with van der Waals surface area (Å²) < 4.78 is 58.1. The summed E-state index contributed by atoms with van der Waals surface area (Å²) in [7, 11) is 0. The van der Waals surface area contributed by atoms with Crippen LogP contribution in [0.15, 0.2) is 48.5 Å². The molecule has 2 unspecified atom stereocenters. The number of rotatable bonds is 6. The molecule has 1 aliphatic heterocycles. The molecule has 0 bridgehead atoms. The Kier molecular flexibility index (Phi) is 5.40. The molecular weight excluding hydrogens is 340 g/mol. The second kappa shape index (κ2) is 7.71. The third kappa shape index (κ3) is 4.61. The molecule has 0 aromatic heterocycles. The number of hydrazine groups is 1. The van der Waals surface area contributed by atoms with Crippen molar-refractivity contribution in [1.29, 1.82) is 0 Å². The van der Waals surface area contributed by atoms with Gasteiger partial charge in [0.25, 0.3) is 0 Å². The molecule has 2 aromatic rings. The lowest BCUT2D eigenvalue weighted by Gasteiger charge is -2.13. The van der Waals surface area contributed by atoms with E-state index in [4.69, 9.17) is 0 Å². The molecule has 1 saturated heterocycles. The van der Waals surface area contributed by atoms with Crippen LogP contribution in [-0.2, 0) is 0 Å². The van der Waals surface area contributed by atoms with Gasteiger partial charge in [0.15, 0.2) is 0 Å². The van der Waals surface area contributed by atoms with Crippen LogP contribution in [0.1, 0.15) is 29.6 Å². The average molecular weight is 356 g/mol. The zero-order valence-corrected chi connectivity index (χ0v) is 13.0. The van der Waals surface area contributed by atoms with Gasteiger partial charge in [0.1, 0.15) is 11.5 Å². The Balaban J connectivity index is 1.69. The van der Waals surface area contributed by atoms with E-state index in [9.17, 15) is 17.6 Å². The number of alkyl halides is 4. The third-order valence-corrected chi connectivity index (χ3v) is 3.87. The minimum absolute atomic E-state index is 0.0880. The van der Waals surface area contributed by atoms with E-state index in [1.807, 2.05) is 0 Å². The highest BCUT2D eigenvalue weighted by molar-refractivity contribution is 5.34. The van der Waals surface area contributed by atoms with Crippen LogP contribution in [0.4, 0.5) is 17.6 Å². The summed E-state index contributed by atoms with van der Waals surface area (Å²) in [6.07, 6.45) is 0.607. The predicted octanol–water partition coefficient (Wildman–Crippen LogP) is 4.17. The molecule has 0 saturated carbocycles. The van der Waals surface area contributed by atoms with Crippen molar-refractivity contribution < 1.29 is 27.0 Å². The summed E-state index contributed by atoms with van der Waals surface area (Å²) in [5.74, 6) is 0.176. The molecule has 4 nitrogen and oxygen atoms in total. The number of hydrogen-bond acceptors (Lipinski definition) is 4. The monoisotopic (exact) mass is 356 g/mol. The van der Waals surface area contributed by atoms with Gasteiger partial charge in [0.05, 0.1) is 0 Å². The van der Waals surface area contributed by atoms with E-state index in [1.165, 1.54) is 12.1 Å². The van der Waals surface area contributed by atoms with Gasteiger partial charge in [-0.2, -0.15) is 17.6 Å². The summed E-state index contributed by atoms with van der Waals surface area (Å²) in [5, 5.41) is 0. The topological polar surface area (TPSA) is 42.5 Å². The maximum atomic E-state index is 12.3. The second-order valence-corrected chi connectivity index (χ2v) is 5.53. The van der Waals surface area contributed by atoms with Gasteiger partial charge >= 0.3 is 13.2 Å². The zero-order chi connectivity index (χ0) is 17.8. The molecule has 2 aromatic carbocycles. The maximum Gasteiger partial charge on any atom is 0.387 e. The average Bonchev–Trinajstić information content (AvgIpc) is 3.04. The fourth-order valence-electron chi connectivity index (χ4n) is 2.81. The van der Waals surface area contributed by atoms with Gasteiger partial charge in [-0.15, -0.1) is 0 Å². The summed E-state index contributed by atoms with van der Waals surface area (Å²) in [4.78, 5) is 0. The van der Waals surface area contributed by atoms with E-state index in [0.29, 0.717) is 6.42 Å². The van der Waals surface area contributed by atoms with E-state index in [-0.39, 0.29) is 23.6 Å². The normalized spacial score (nSPS) is 20.2. The van der Waals surface area contributed by atoms with Crippen molar-refractivity contribution in [3.05, 3.63) is 59.7 Å². The van der Waals surface area contributed by atoms with Crippen LogP contribution in [0, 0.1) is 0 Å². The Bertz CT molecular complexity index is 655. The number of nitrogens with one attached hydrogen (secondary N) is 2. The van der Waals surface area contributed by atoms with Gasteiger partial charge in [0, 0.05) is 12.1 Å². The third-order valence-electron chi connectivity index (χ3n) is 3.87. The molecule has 3 rings (SSSR count). The zero-order valence-electron chi connectivity index (χ0n) is 13.0. The Labute approximate surface area is 141 Å². The highest BCUT2D eigenvalue weighted by Gasteiger charge is 2.27. The van der Waals surface area contributed by atoms with Gasteiger partial charge < -0.3 is 9.47 Å². The van der Waals surface area contributed by atoms with Gasteiger partial charge in [-0.05, 0) is 41.8 Å². The first kappa shape index (κ1) is 17.5. The molecule has 0 radical (unpaired) electrons. The Morgan fingerprint density at radius 2 is 1.20 bits per heavy atom. The number of ether oxygens (including phenoxy) is 2. The highest BCUT2D eigenvalue weighted by atomic mass is 19.3. The van der Waals surface area contributed by atoms with E-state index in [2.05, 4.69) is 20.3 Å². The first-order valence-electron chi connectivity index (χ1n) is 7.62. The standard InChI is InChI=1S/C17H16F4N2O2/c18-16(19)24-12-5-1-3-10(7-12)14-9-15(23-22-14)11-4-2-6-13(8-11)25-17(20)21/h1-8,14-17,22-23H,9H2. The summed E-state index contributed by atoms with van der Waals surface area (Å²) in [6.45, 7) is -5.76. The molecule has 0 spiro atoms. The largest absolute Gasteiger partial charge is 0.435 e.